The maximum atomic E-state index is 12.4. The Kier molecular flexibility index (Phi) is 5.96. The van der Waals surface area contributed by atoms with Crippen molar-refractivity contribution in [1.29, 1.82) is 0 Å². The van der Waals surface area contributed by atoms with E-state index in [1.165, 1.54) is 12.8 Å². The first-order valence-corrected chi connectivity index (χ1v) is 9.96. The van der Waals surface area contributed by atoms with E-state index in [9.17, 15) is 4.79 Å². The van der Waals surface area contributed by atoms with Gasteiger partial charge in [-0.3, -0.25) is 9.89 Å². The third-order valence-electron chi connectivity index (χ3n) is 4.89. The smallest absolute Gasteiger partial charge is 0.273 e. The van der Waals surface area contributed by atoms with Crippen molar-refractivity contribution in [3.63, 3.8) is 0 Å². The van der Waals surface area contributed by atoms with Crippen LogP contribution in [0.15, 0.2) is 22.8 Å². The van der Waals surface area contributed by atoms with E-state index < -0.39 is 0 Å². The van der Waals surface area contributed by atoms with Crippen LogP contribution in [-0.2, 0) is 6.54 Å². The third-order valence-corrected chi connectivity index (χ3v) is 5.70. The minimum atomic E-state index is -0.200. The van der Waals surface area contributed by atoms with Gasteiger partial charge in [-0.2, -0.15) is 5.10 Å². The second-order valence-electron chi connectivity index (χ2n) is 7.33. The predicted octanol–water partition coefficient (Wildman–Crippen LogP) is 3.86. The first-order chi connectivity index (χ1) is 12.5. The van der Waals surface area contributed by atoms with Gasteiger partial charge in [0.1, 0.15) is 5.82 Å². The van der Waals surface area contributed by atoms with Crippen LogP contribution in [0.4, 0.5) is 5.82 Å². The molecule has 0 spiro atoms. The van der Waals surface area contributed by atoms with Gasteiger partial charge in [0, 0.05) is 25.8 Å². The Morgan fingerprint density at radius 2 is 2.12 bits per heavy atom. The second kappa shape index (κ2) is 8.20. The number of hydrogen-bond acceptors (Lipinski definition) is 4. The zero-order valence-electron chi connectivity index (χ0n) is 15.6. The molecule has 2 aromatic rings. The molecular formula is C19H26BrN5O. The lowest BCUT2D eigenvalue weighted by Gasteiger charge is -2.31. The highest BCUT2D eigenvalue weighted by Crippen LogP contribution is 2.25. The van der Waals surface area contributed by atoms with E-state index in [2.05, 4.69) is 62.1 Å². The van der Waals surface area contributed by atoms with Crippen molar-refractivity contribution in [2.24, 2.45) is 5.92 Å². The number of H-pyrrole nitrogens is 1. The summed E-state index contributed by atoms with van der Waals surface area (Å²) in [7, 11) is 0. The van der Waals surface area contributed by atoms with Crippen molar-refractivity contribution < 1.29 is 4.79 Å². The lowest BCUT2D eigenvalue weighted by atomic mass is 9.99. The summed E-state index contributed by atoms with van der Waals surface area (Å²) >= 11 is 3.46. The molecule has 7 heteroatoms. The highest BCUT2D eigenvalue weighted by atomic mass is 79.9. The maximum Gasteiger partial charge on any atom is 0.273 e. The first-order valence-electron chi connectivity index (χ1n) is 9.17. The van der Waals surface area contributed by atoms with Crippen molar-refractivity contribution >= 4 is 27.7 Å². The summed E-state index contributed by atoms with van der Waals surface area (Å²) in [5.41, 5.74) is 2.29. The molecule has 0 aliphatic carbocycles. The summed E-state index contributed by atoms with van der Waals surface area (Å²) in [6, 6.07) is 4.07. The molecular weight excluding hydrogens is 394 g/mol. The molecule has 3 rings (SSSR count). The van der Waals surface area contributed by atoms with E-state index in [1.54, 1.807) is 0 Å². The van der Waals surface area contributed by atoms with Crippen LogP contribution in [0.3, 0.4) is 0 Å². The molecule has 1 aliphatic heterocycles. The van der Waals surface area contributed by atoms with Crippen molar-refractivity contribution in [2.45, 2.75) is 46.1 Å². The number of nitrogens with one attached hydrogen (secondary N) is 2. The maximum absolute atomic E-state index is 12.4. The van der Waals surface area contributed by atoms with Gasteiger partial charge in [0.15, 0.2) is 5.69 Å². The molecule has 1 aliphatic rings. The van der Waals surface area contributed by atoms with E-state index >= 15 is 0 Å². The van der Waals surface area contributed by atoms with E-state index in [1.807, 2.05) is 18.3 Å². The molecule has 1 fully saturated rings. The Labute approximate surface area is 162 Å². The van der Waals surface area contributed by atoms with Gasteiger partial charge in [-0.1, -0.05) is 26.8 Å². The van der Waals surface area contributed by atoms with Crippen LogP contribution in [-0.4, -0.2) is 34.2 Å². The Morgan fingerprint density at radius 1 is 1.38 bits per heavy atom. The summed E-state index contributed by atoms with van der Waals surface area (Å²) < 4.78 is 0.734. The highest BCUT2D eigenvalue weighted by Gasteiger charge is 2.19. The van der Waals surface area contributed by atoms with Crippen LogP contribution in [0.1, 0.15) is 61.3 Å². The standard InChI is InChI=1S/C19H26BrN5O/c1-12(2)17-16(20)18(24-23-17)19(26)22-11-14-4-5-15(21-10-14)25-8-6-13(3)7-9-25/h4-5,10,12-13H,6-9,11H2,1-3H3,(H,22,26)(H,23,24). The minimum Gasteiger partial charge on any atom is -0.357 e. The monoisotopic (exact) mass is 419 g/mol. The van der Waals surface area contributed by atoms with Crippen molar-refractivity contribution in [1.82, 2.24) is 20.5 Å². The van der Waals surface area contributed by atoms with Gasteiger partial charge < -0.3 is 10.2 Å². The summed E-state index contributed by atoms with van der Waals surface area (Å²) in [5.74, 6) is 1.89. The summed E-state index contributed by atoms with van der Waals surface area (Å²) in [5, 5.41) is 9.96. The van der Waals surface area contributed by atoms with Gasteiger partial charge in [-0.15, -0.1) is 0 Å². The van der Waals surface area contributed by atoms with Crippen LogP contribution < -0.4 is 10.2 Å². The molecule has 3 heterocycles. The Morgan fingerprint density at radius 3 is 2.69 bits per heavy atom. The minimum absolute atomic E-state index is 0.200. The predicted molar refractivity (Wildman–Crippen MR) is 106 cm³/mol. The third kappa shape index (κ3) is 4.26. The fourth-order valence-electron chi connectivity index (χ4n) is 3.09. The van der Waals surface area contributed by atoms with Gasteiger partial charge in [0.2, 0.25) is 0 Å². The Balaban J connectivity index is 1.57. The van der Waals surface area contributed by atoms with E-state index in [-0.39, 0.29) is 11.8 Å². The fraction of sp³-hybridized carbons (Fsp3) is 0.526. The molecule has 1 saturated heterocycles. The van der Waals surface area contributed by atoms with Crippen molar-refractivity contribution in [3.8, 4) is 0 Å². The van der Waals surface area contributed by atoms with Gasteiger partial charge in [-0.25, -0.2) is 4.98 Å². The van der Waals surface area contributed by atoms with Gasteiger partial charge in [-0.05, 0) is 52.2 Å². The number of hydrogen-bond donors (Lipinski definition) is 2. The number of carbonyl (C=O) groups excluding carboxylic acids is 1. The Bertz CT molecular complexity index is 748. The number of amides is 1. The lowest BCUT2D eigenvalue weighted by molar-refractivity contribution is 0.0945. The number of aromatic amines is 1. The molecule has 1 amide bonds. The van der Waals surface area contributed by atoms with Crippen LogP contribution in [0.5, 0.6) is 0 Å². The fourth-order valence-corrected chi connectivity index (χ4v) is 3.90. The second-order valence-corrected chi connectivity index (χ2v) is 8.12. The molecule has 0 atom stereocenters. The van der Waals surface area contributed by atoms with Crippen LogP contribution in [0.25, 0.3) is 0 Å². The molecule has 0 unspecified atom stereocenters. The number of anilines is 1. The normalized spacial score (nSPS) is 15.5. The van der Waals surface area contributed by atoms with Gasteiger partial charge in [0.05, 0.1) is 10.2 Å². The first kappa shape index (κ1) is 18.9. The number of carbonyl (C=O) groups is 1. The number of rotatable bonds is 5. The SMILES string of the molecule is CC1CCN(c2ccc(CNC(=O)c3n[nH]c(C(C)C)c3Br)cn2)CC1. The topological polar surface area (TPSA) is 73.9 Å². The Hall–Kier alpha value is -1.89. The lowest BCUT2D eigenvalue weighted by Crippen LogP contribution is -2.33. The zero-order valence-corrected chi connectivity index (χ0v) is 17.1. The van der Waals surface area contributed by atoms with E-state index in [4.69, 9.17) is 0 Å². The van der Waals surface area contributed by atoms with Crippen molar-refractivity contribution in [2.75, 3.05) is 18.0 Å². The number of piperidine rings is 1. The van der Waals surface area contributed by atoms with Gasteiger partial charge >= 0.3 is 0 Å². The molecule has 0 aromatic carbocycles. The van der Waals surface area contributed by atoms with Crippen LogP contribution >= 0.6 is 15.9 Å². The summed E-state index contributed by atoms with van der Waals surface area (Å²) in [6.45, 7) is 8.97. The molecule has 2 N–H and O–H groups in total. The van der Waals surface area contributed by atoms with E-state index in [0.29, 0.717) is 12.2 Å². The molecule has 0 bridgehead atoms. The molecule has 26 heavy (non-hydrogen) atoms. The van der Waals surface area contributed by atoms with E-state index in [0.717, 1.165) is 40.6 Å². The molecule has 6 nitrogen and oxygen atoms in total. The quantitative estimate of drug-likeness (QED) is 0.771. The molecule has 2 aromatic heterocycles. The van der Waals surface area contributed by atoms with Crippen LogP contribution in [0, 0.1) is 5.92 Å². The molecule has 0 radical (unpaired) electrons. The average Bonchev–Trinajstić information content (AvgIpc) is 3.03. The average molecular weight is 420 g/mol. The van der Waals surface area contributed by atoms with Crippen molar-refractivity contribution in [3.05, 3.63) is 39.8 Å². The molecule has 140 valence electrons. The number of aromatic nitrogens is 3. The van der Waals surface area contributed by atoms with Crippen LogP contribution in [0.2, 0.25) is 0 Å². The summed E-state index contributed by atoms with van der Waals surface area (Å²) in [6.07, 6.45) is 4.28. The highest BCUT2D eigenvalue weighted by molar-refractivity contribution is 9.10. The summed E-state index contributed by atoms with van der Waals surface area (Å²) in [4.78, 5) is 19.3. The number of halogens is 1. The largest absolute Gasteiger partial charge is 0.357 e. The number of nitrogens with zero attached hydrogens (tertiary/aromatic N) is 3. The zero-order chi connectivity index (χ0) is 18.7. The van der Waals surface area contributed by atoms with Gasteiger partial charge in [0.25, 0.3) is 5.91 Å². The molecule has 0 saturated carbocycles. The number of pyridine rings is 1.